The Kier molecular flexibility index (Phi) is 4.32. The Bertz CT molecular complexity index is 494. The molecule has 1 aromatic carbocycles. The van der Waals surface area contributed by atoms with Gasteiger partial charge in [0.25, 0.3) is 0 Å². The maximum atomic E-state index is 13.3. The van der Waals surface area contributed by atoms with Crippen molar-refractivity contribution in [3.05, 3.63) is 35.1 Å². The number of nitrogens with zero attached hydrogens (tertiary/aromatic N) is 1. The largest absolute Gasteiger partial charge is 0.310 e. The SMILES string of the molecule is Cc1cc(F)ccc1CN1CC2(CCCC2)NCCC1C. The second-order valence-corrected chi connectivity index (χ2v) is 7.03. The van der Waals surface area contributed by atoms with E-state index in [0.29, 0.717) is 11.6 Å². The van der Waals surface area contributed by atoms with Crippen molar-refractivity contribution in [2.75, 3.05) is 13.1 Å². The van der Waals surface area contributed by atoms with E-state index in [1.54, 1.807) is 12.1 Å². The van der Waals surface area contributed by atoms with Gasteiger partial charge >= 0.3 is 0 Å². The third-order valence-corrected chi connectivity index (χ3v) is 5.43. The van der Waals surface area contributed by atoms with E-state index in [1.807, 2.05) is 13.0 Å². The van der Waals surface area contributed by atoms with Crippen LogP contribution in [0, 0.1) is 12.7 Å². The molecule has 3 rings (SSSR count). The van der Waals surface area contributed by atoms with E-state index in [0.717, 1.165) is 25.2 Å². The number of rotatable bonds is 2. The van der Waals surface area contributed by atoms with Crippen molar-refractivity contribution >= 4 is 0 Å². The highest BCUT2D eigenvalue weighted by Crippen LogP contribution is 2.33. The van der Waals surface area contributed by atoms with Gasteiger partial charge in [0.1, 0.15) is 5.82 Å². The normalized spacial score (nSPS) is 26.1. The van der Waals surface area contributed by atoms with Crippen LogP contribution in [0.5, 0.6) is 0 Å². The lowest BCUT2D eigenvalue weighted by Crippen LogP contribution is -2.50. The van der Waals surface area contributed by atoms with Gasteiger partial charge < -0.3 is 5.32 Å². The van der Waals surface area contributed by atoms with E-state index in [1.165, 1.54) is 37.7 Å². The van der Waals surface area contributed by atoms with Crippen LogP contribution in [-0.2, 0) is 6.54 Å². The van der Waals surface area contributed by atoms with Crippen molar-refractivity contribution in [3.8, 4) is 0 Å². The minimum absolute atomic E-state index is 0.130. The predicted molar refractivity (Wildman–Crippen MR) is 84.8 cm³/mol. The zero-order valence-electron chi connectivity index (χ0n) is 13.3. The van der Waals surface area contributed by atoms with Gasteiger partial charge in [0.15, 0.2) is 0 Å². The molecule has 1 aliphatic carbocycles. The molecule has 3 heteroatoms. The molecular formula is C18H27FN2. The number of benzene rings is 1. The molecule has 1 spiro atoms. The summed E-state index contributed by atoms with van der Waals surface area (Å²) in [6.45, 7) is 7.54. The number of nitrogens with one attached hydrogen (secondary N) is 1. The second kappa shape index (κ2) is 6.05. The molecule has 0 bridgehead atoms. The first-order valence-corrected chi connectivity index (χ1v) is 8.32. The summed E-state index contributed by atoms with van der Waals surface area (Å²) in [5.41, 5.74) is 2.66. The molecule has 0 amide bonds. The molecule has 1 heterocycles. The Morgan fingerprint density at radius 3 is 2.81 bits per heavy atom. The topological polar surface area (TPSA) is 15.3 Å². The highest BCUT2D eigenvalue weighted by atomic mass is 19.1. The first kappa shape index (κ1) is 15.0. The lowest BCUT2D eigenvalue weighted by Gasteiger charge is -2.35. The Hall–Kier alpha value is -0.930. The Morgan fingerprint density at radius 1 is 1.33 bits per heavy atom. The fraction of sp³-hybridized carbons (Fsp3) is 0.667. The summed E-state index contributed by atoms with van der Waals surface area (Å²) in [6.07, 6.45) is 6.51. The first-order valence-electron chi connectivity index (χ1n) is 8.32. The lowest BCUT2D eigenvalue weighted by atomic mass is 9.96. The van der Waals surface area contributed by atoms with Crippen LogP contribution < -0.4 is 5.32 Å². The zero-order valence-corrected chi connectivity index (χ0v) is 13.3. The highest BCUT2D eigenvalue weighted by Gasteiger charge is 2.38. The molecule has 2 fully saturated rings. The van der Waals surface area contributed by atoms with E-state index in [9.17, 15) is 4.39 Å². The van der Waals surface area contributed by atoms with Gasteiger partial charge in [0.05, 0.1) is 0 Å². The molecule has 0 radical (unpaired) electrons. The highest BCUT2D eigenvalue weighted by molar-refractivity contribution is 5.26. The van der Waals surface area contributed by atoms with Crippen molar-refractivity contribution in [3.63, 3.8) is 0 Å². The summed E-state index contributed by atoms with van der Waals surface area (Å²) in [5, 5.41) is 3.83. The fourth-order valence-corrected chi connectivity index (χ4v) is 3.98. The van der Waals surface area contributed by atoms with Crippen LogP contribution in [0.2, 0.25) is 0 Å². The fourth-order valence-electron chi connectivity index (χ4n) is 3.98. The molecule has 116 valence electrons. The smallest absolute Gasteiger partial charge is 0.123 e. The molecule has 2 aliphatic rings. The second-order valence-electron chi connectivity index (χ2n) is 7.03. The maximum absolute atomic E-state index is 13.3. The molecule has 0 aromatic heterocycles. The van der Waals surface area contributed by atoms with Crippen molar-refractivity contribution in [1.29, 1.82) is 0 Å². The van der Waals surface area contributed by atoms with Crippen molar-refractivity contribution in [2.45, 2.75) is 64.1 Å². The van der Waals surface area contributed by atoms with Crippen molar-refractivity contribution in [1.82, 2.24) is 10.2 Å². The van der Waals surface area contributed by atoms with Crippen LogP contribution in [0.3, 0.4) is 0 Å². The molecule has 1 saturated heterocycles. The molecule has 1 atom stereocenters. The summed E-state index contributed by atoms with van der Waals surface area (Å²) in [7, 11) is 0. The molecule has 1 N–H and O–H groups in total. The Balaban J connectivity index is 1.77. The Morgan fingerprint density at radius 2 is 2.10 bits per heavy atom. The first-order chi connectivity index (χ1) is 10.1. The van der Waals surface area contributed by atoms with Gasteiger partial charge in [-0.15, -0.1) is 0 Å². The van der Waals surface area contributed by atoms with Crippen LogP contribution in [0.1, 0.15) is 50.2 Å². The summed E-state index contributed by atoms with van der Waals surface area (Å²) >= 11 is 0. The molecular weight excluding hydrogens is 263 g/mol. The standard InChI is InChI=1S/C18H27FN2/c1-14-11-17(19)6-5-16(14)12-21-13-18(8-3-4-9-18)20-10-7-15(21)2/h5-6,11,15,20H,3-4,7-10,12-13H2,1-2H3. The molecule has 2 nitrogen and oxygen atoms in total. The van der Waals surface area contributed by atoms with Crippen LogP contribution >= 0.6 is 0 Å². The van der Waals surface area contributed by atoms with Crippen LogP contribution in [0.25, 0.3) is 0 Å². The average Bonchev–Trinajstić information content (AvgIpc) is 2.83. The maximum Gasteiger partial charge on any atom is 0.123 e. The molecule has 1 aliphatic heterocycles. The third kappa shape index (κ3) is 3.29. The monoisotopic (exact) mass is 290 g/mol. The summed E-state index contributed by atoms with van der Waals surface area (Å²) in [4.78, 5) is 2.60. The van der Waals surface area contributed by atoms with E-state index >= 15 is 0 Å². The third-order valence-electron chi connectivity index (χ3n) is 5.43. The molecule has 1 saturated carbocycles. The predicted octanol–water partition coefficient (Wildman–Crippen LogP) is 3.63. The van der Waals surface area contributed by atoms with Gasteiger partial charge in [-0.3, -0.25) is 4.90 Å². The van der Waals surface area contributed by atoms with Crippen molar-refractivity contribution < 1.29 is 4.39 Å². The summed E-state index contributed by atoms with van der Waals surface area (Å²) in [5.74, 6) is -0.130. The number of hydrogen-bond acceptors (Lipinski definition) is 2. The molecule has 21 heavy (non-hydrogen) atoms. The van der Waals surface area contributed by atoms with Crippen LogP contribution in [0.4, 0.5) is 4.39 Å². The Labute approximate surface area is 127 Å². The number of hydrogen-bond donors (Lipinski definition) is 1. The van der Waals surface area contributed by atoms with Gasteiger partial charge in [0.2, 0.25) is 0 Å². The van der Waals surface area contributed by atoms with E-state index in [2.05, 4.69) is 17.1 Å². The average molecular weight is 290 g/mol. The van der Waals surface area contributed by atoms with Gasteiger partial charge in [-0.25, -0.2) is 4.39 Å². The van der Waals surface area contributed by atoms with Gasteiger partial charge in [-0.1, -0.05) is 18.9 Å². The molecule has 1 unspecified atom stereocenters. The number of halogens is 1. The van der Waals surface area contributed by atoms with Gasteiger partial charge in [-0.05, 0) is 62.9 Å². The quantitative estimate of drug-likeness (QED) is 0.895. The van der Waals surface area contributed by atoms with E-state index in [4.69, 9.17) is 0 Å². The van der Waals surface area contributed by atoms with Crippen LogP contribution in [0.15, 0.2) is 18.2 Å². The summed E-state index contributed by atoms with van der Waals surface area (Å²) < 4.78 is 13.3. The number of aryl methyl sites for hydroxylation is 1. The van der Waals surface area contributed by atoms with Gasteiger partial charge in [0, 0.05) is 24.7 Å². The van der Waals surface area contributed by atoms with Crippen molar-refractivity contribution in [2.24, 2.45) is 0 Å². The van der Waals surface area contributed by atoms with E-state index in [-0.39, 0.29) is 5.82 Å². The van der Waals surface area contributed by atoms with Gasteiger partial charge in [-0.2, -0.15) is 0 Å². The van der Waals surface area contributed by atoms with Crippen LogP contribution in [-0.4, -0.2) is 29.6 Å². The molecule has 1 aromatic rings. The van der Waals surface area contributed by atoms with E-state index < -0.39 is 0 Å². The minimum atomic E-state index is -0.130. The minimum Gasteiger partial charge on any atom is -0.310 e. The lowest BCUT2D eigenvalue weighted by molar-refractivity contribution is 0.160. The zero-order chi connectivity index (χ0) is 14.9. The summed E-state index contributed by atoms with van der Waals surface area (Å²) in [6, 6.07) is 5.79.